The van der Waals surface area contributed by atoms with Crippen LogP contribution in [0, 0.1) is 5.92 Å². The highest BCUT2D eigenvalue weighted by Crippen LogP contribution is 2.39. The van der Waals surface area contributed by atoms with Gasteiger partial charge >= 0.3 is 0 Å². The first-order valence-corrected chi connectivity index (χ1v) is 5.38. The average Bonchev–Trinajstić information content (AvgIpc) is 2.56. The fourth-order valence-corrected chi connectivity index (χ4v) is 2.66. The maximum Gasteiger partial charge on any atom is 0.107 e. The van der Waals surface area contributed by atoms with Crippen LogP contribution in [0.1, 0.15) is 37.9 Å². The Balaban J connectivity index is 2.08. The molecule has 1 saturated carbocycles. The summed E-state index contributed by atoms with van der Waals surface area (Å²) >= 11 is 6.11. The predicted octanol–water partition coefficient (Wildman–Crippen LogP) is 3.79. The van der Waals surface area contributed by atoms with Gasteiger partial charge in [0.1, 0.15) is 5.76 Å². The van der Waals surface area contributed by atoms with E-state index in [4.69, 9.17) is 16.0 Å². The van der Waals surface area contributed by atoms with Crippen molar-refractivity contribution in [3.05, 3.63) is 24.2 Å². The Hall–Kier alpha value is -0.430. The van der Waals surface area contributed by atoms with Crippen molar-refractivity contribution in [2.24, 2.45) is 5.92 Å². The van der Waals surface area contributed by atoms with Gasteiger partial charge in [-0.05, 0) is 37.3 Å². The molecule has 1 nitrogen and oxygen atoms in total. The standard InChI is InChI=1S/C11H15ClO/c1-8-7-9(12)4-5-10(8)11-3-2-6-13-11/h2-3,6,8-10H,4-5,7H2,1H3. The zero-order valence-electron chi connectivity index (χ0n) is 7.87. The lowest BCUT2D eigenvalue weighted by atomic mass is 9.79. The van der Waals surface area contributed by atoms with Gasteiger partial charge in [0.25, 0.3) is 0 Å². The Morgan fingerprint density at radius 2 is 2.31 bits per heavy atom. The summed E-state index contributed by atoms with van der Waals surface area (Å²) in [4.78, 5) is 0. The quantitative estimate of drug-likeness (QED) is 0.626. The molecule has 0 bridgehead atoms. The topological polar surface area (TPSA) is 13.1 Å². The van der Waals surface area contributed by atoms with Crippen LogP contribution >= 0.6 is 11.6 Å². The van der Waals surface area contributed by atoms with Gasteiger partial charge in [-0.15, -0.1) is 11.6 Å². The summed E-state index contributed by atoms with van der Waals surface area (Å²) in [6.45, 7) is 2.27. The molecule has 1 fully saturated rings. The number of furan rings is 1. The summed E-state index contributed by atoms with van der Waals surface area (Å²) in [6.07, 6.45) is 5.17. The highest BCUT2D eigenvalue weighted by molar-refractivity contribution is 6.20. The van der Waals surface area contributed by atoms with Gasteiger partial charge in [0, 0.05) is 11.3 Å². The van der Waals surface area contributed by atoms with E-state index in [2.05, 4.69) is 13.0 Å². The number of alkyl halides is 1. The molecule has 0 N–H and O–H groups in total. The maximum absolute atomic E-state index is 6.11. The minimum Gasteiger partial charge on any atom is -0.469 e. The Bertz CT molecular complexity index is 255. The second kappa shape index (κ2) is 3.75. The lowest BCUT2D eigenvalue weighted by Gasteiger charge is -2.29. The molecule has 1 aromatic heterocycles. The van der Waals surface area contributed by atoms with Gasteiger partial charge in [-0.1, -0.05) is 6.92 Å². The number of rotatable bonds is 1. The van der Waals surface area contributed by atoms with Crippen LogP contribution in [-0.2, 0) is 0 Å². The van der Waals surface area contributed by atoms with Gasteiger partial charge in [-0.2, -0.15) is 0 Å². The molecule has 0 aliphatic heterocycles. The van der Waals surface area contributed by atoms with Crippen LogP contribution in [0.25, 0.3) is 0 Å². The summed E-state index contributed by atoms with van der Waals surface area (Å²) < 4.78 is 5.44. The van der Waals surface area contributed by atoms with Crippen molar-refractivity contribution in [3.8, 4) is 0 Å². The van der Waals surface area contributed by atoms with Crippen molar-refractivity contribution in [2.75, 3.05) is 0 Å². The number of hydrogen-bond donors (Lipinski definition) is 0. The van der Waals surface area contributed by atoms with Crippen molar-refractivity contribution in [1.29, 1.82) is 0 Å². The fourth-order valence-electron chi connectivity index (χ4n) is 2.26. The molecule has 13 heavy (non-hydrogen) atoms. The molecule has 0 radical (unpaired) electrons. The van der Waals surface area contributed by atoms with E-state index < -0.39 is 0 Å². The third-order valence-corrected chi connectivity index (χ3v) is 3.41. The molecule has 2 heteroatoms. The van der Waals surface area contributed by atoms with Gasteiger partial charge in [0.15, 0.2) is 0 Å². The summed E-state index contributed by atoms with van der Waals surface area (Å²) in [5, 5.41) is 0.376. The molecule has 3 unspecified atom stereocenters. The molecule has 2 rings (SSSR count). The van der Waals surface area contributed by atoms with E-state index in [0.29, 0.717) is 17.2 Å². The van der Waals surface area contributed by atoms with E-state index in [1.165, 1.54) is 6.42 Å². The van der Waals surface area contributed by atoms with Crippen LogP contribution in [0.4, 0.5) is 0 Å². The van der Waals surface area contributed by atoms with E-state index in [1.807, 2.05) is 6.07 Å². The Labute approximate surface area is 84.1 Å². The highest BCUT2D eigenvalue weighted by atomic mass is 35.5. The number of hydrogen-bond acceptors (Lipinski definition) is 1. The summed E-state index contributed by atoms with van der Waals surface area (Å²) in [7, 11) is 0. The zero-order chi connectivity index (χ0) is 9.26. The van der Waals surface area contributed by atoms with Gasteiger partial charge < -0.3 is 4.42 Å². The first-order valence-electron chi connectivity index (χ1n) is 4.95. The Kier molecular flexibility index (Phi) is 2.63. The molecule has 0 saturated heterocycles. The van der Waals surface area contributed by atoms with E-state index in [-0.39, 0.29) is 0 Å². The van der Waals surface area contributed by atoms with Crippen molar-refractivity contribution < 1.29 is 4.42 Å². The summed E-state index contributed by atoms with van der Waals surface area (Å²) in [5.41, 5.74) is 0. The largest absolute Gasteiger partial charge is 0.469 e. The lowest BCUT2D eigenvalue weighted by molar-refractivity contribution is 0.294. The lowest BCUT2D eigenvalue weighted by Crippen LogP contribution is -2.21. The summed E-state index contributed by atoms with van der Waals surface area (Å²) in [5.74, 6) is 2.38. The smallest absolute Gasteiger partial charge is 0.107 e. The maximum atomic E-state index is 6.11. The van der Waals surface area contributed by atoms with Gasteiger partial charge in [0.2, 0.25) is 0 Å². The Morgan fingerprint density at radius 3 is 2.92 bits per heavy atom. The zero-order valence-corrected chi connectivity index (χ0v) is 8.63. The molecule has 1 aliphatic carbocycles. The minimum absolute atomic E-state index is 0.376. The number of halogens is 1. The van der Waals surface area contributed by atoms with Crippen molar-refractivity contribution in [1.82, 2.24) is 0 Å². The molecule has 0 spiro atoms. The molecule has 1 heterocycles. The van der Waals surface area contributed by atoms with Crippen LogP contribution in [0.2, 0.25) is 0 Å². The average molecular weight is 199 g/mol. The molecular weight excluding hydrogens is 184 g/mol. The molecule has 0 amide bonds. The SMILES string of the molecule is CC1CC(Cl)CCC1c1ccco1. The predicted molar refractivity (Wildman–Crippen MR) is 54.1 cm³/mol. The van der Waals surface area contributed by atoms with Crippen LogP contribution in [0.3, 0.4) is 0 Å². The van der Waals surface area contributed by atoms with E-state index >= 15 is 0 Å². The van der Waals surface area contributed by atoms with Crippen LogP contribution in [-0.4, -0.2) is 5.38 Å². The monoisotopic (exact) mass is 198 g/mol. The first-order chi connectivity index (χ1) is 6.27. The first kappa shape index (κ1) is 9.14. The third kappa shape index (κ3) is 1.91. The van der Waals surface area contributed by atoms with Crippen LogP contribution < -0.4 is 0 Å². The third-order valence-electron chi connectivity index (χ3n) is 3.01. The second-order valence-corrected chi connectivity index (χ2v) is 4.63. The van der Waals surface area contributed by atoms with E-state index in [9.17, 15) is 0 Å². The van der Waals surface area contributed by atoms with Gasteiger partial charge in [0.05, 0.1) is 6.26 Å². The molecule has 0 aromatic carbocycles. The van der Waals surface area contributed by atoms with E-state index in [1.54, 1.807) is 6.26 Å². The van der Waals surface area contributed by atoms with Crippen LogP contribution in [0.5, 0.6) is 0 Å². The van der Waals surface area contributed by atoms with Crippen molar-refractivity contribution in [2.45, 2.75) is 37.5 Å². The molecule has 1 aliphatic rings. The van der Waals surface area contributed by atoms with Crippen molar-refractivity contribution in [3.63, 3.8) is 0 Å². The minimum atomic E-state index is 0.376. The normalized spacial score (nSPS) is 34.8. The molecule has 3 atom stereocenters. The highest BCUT2D eigenvalue weighted by Gasteiger charge is 2.28. The second-order valence-electron chi connectivity index (χ2n) is 4.01. The molecular formula is C11H15ClO. The van der Waals surface area contributed by atoms with Gasteiger partial charge in [-0.25, -0.2) is 0 Å². The fraction of sp³-hybridized carbons (Fsp3) is 0.636. The Morgan fingerprint density at radius 1 is 1.46 bits per heavy atom. The van der Waals surface area contributed by atoms with Crippen molar-refractivity contribution >= 4 is 11.6 Å². The van der Waals surface area contributed by atoms with Crippen LogP contribution in [0.15, 0.2) is 22.8 Å². The molecule has 1 aromatic rings. The summed E-state index contributed by atoms with van der Waals surface area (Å²) in [6, 6.07) is 4.05. The molecule has 72 valence electrons. The van der Waals surface area contributed by atoms with E-state index in [0.717, 1.165) is 18.6 Å². The van der Waals surface area contributed by atoms with Gasteiger partial charge in [-0.3, -0.25) is 0 Å².